The van der Waals surface area contributed by atoms with Crippen molar-refractivity contribution in [3.8, 4) is 5.75 Å². The molecule has 1 aromatic rings. The quantitative estimate of drug-likeness (QED) is 0.354. The number of nitrogens with two attached hydrogens (primary N) is 1. The van der Waals surface area contributed by atoms with Crippen LogP contribution in [-0.4, -0.2) is 41.5 Å². The summed E-state index contributed by atoms with van der Waals surface area (Å²) in [5.74, 6) is 0.445. The lowest BCUT2D eigenvalue weighted by Crippen LogP contribution is -2.39. The van der Waals surface area contributed by atoms with Gasteiger partial charge in [-0.25, -0.2) is 0 Å². The van der Waals surface area contributed by atoms with E-state index in [1.807, 2.05) is 13.8 Å². The number of ether oxygens (including phenoxy) is 1. The Kier molecular flexibility index (Phi) is 6.48. The van der Waals surface area contributed by atoms with Crippen LogP contribution >= 0.6 is 15.9 Å². The third-order valence-corrected chi connectivity index (χ3v) is 3.51. The van der Waals surface area contributed by atoms with Gasteiger partial charge in [-0.3, -0.25) is 4.79 Å². The van der Waals surface area contributed by atoms with Crippen molar-refractivity contribution in [2.75, 3.05) is 13.7 Å². The number of benzene rings is 1. The molecule has 7 heteroatoms. The number of rotatable bonds is 6. The lowest BCUT2D eigenvalue weighted by molar-refractivity contribution is 0.0707. The average Bonchev–Trinajstić information content (AvgIpc) is 2.46. The molecule has 1 aromatic carbocycles. The largest absolute Gasteiger partial charge is 0.496 e. The summed E-state index contributed by atoms with van der Waals surface area (Å²) in [4.78, 5) is 14.3. The first-order valence-electron chi connectivity index (χ1n) is 6.51. The van der Waals surface area contributed by atoms with Gasteiger partial charge in [0, 0.05) is 23.5 Å². The Labute approximate surface area is 132 Å². The minimum absolute atomic E-state index is 0.0163. The molecule has 0 fully saturated rings. The van der Waals surface area contributed by atoms with Crippen molar-refractivity contribution in [1.82, 2.24) is 4.90 Å². The van der Waals surface area contributed by atoms with Crippen LogP contribution in [-0.2, 0) is 0 Å². The standard InChI is InChI=1S/C14H20BrN3O3/c1-9(2)18(7-6-13(16)17-20)14(19)11-5-4-10(15)8-12(11)21-3/h4-5,8-9,20H,6-7H2,1-3H3,(H2,16,17). The highest BCUT2D eigenvalue weighted by Gasteiger charge is 2.22. The van der Waals surface area contributed by atoms with Gasteiger partial charge in [0.05, 0.1) is 12.7 Å². The summed E-state index contributed by atoms with van der Waals surface area (Å²) < 4.78 is 6.09. The predicted molar refractivity (Wildman–Crippen MR) is 84.9 cm³/mol. The molecule has 21 heavy (non-hydrogen) atoms. The van der Waals surface area contributed by atoms with Crippen LogP contribution in [0.2, 0.25) is 0 Å². The summed E-state index contributed by atoms with van der Waals surface area (Å²) >= 11 is 3.35. The van der Waals surface area contributed by atoms with Crippen LogP contribution in [0, 0.1) is 0 Å². The Bertz CT molecular complexity index is 532. The maximum Gasteiger partial charge on any atom is 0.257 e. The first-order chi connectivity index (χ1) is 9.90. The number of oxime groups is 1. The van der Waals surface area contributed by atoms with E-state index in [9.17, 15) is 4.79 Å². The molecule has 0 bridgehead atoms. The Balaban J connectivity index is 3.01. The van der Waals surface area contributed by atoms with E-state index < -0.39 is 0 Å². The van der Waals surface area contributed by atoms with Crippen LogP contribution in [0.25, 0.3) is 0 Å². The molecular formula is C14H20BrN3O3. The zero-order chi connectivity index (χ0) is 16.0. The highest BCUT2D eigenvalue weighted by atomic mass is 79.9. The van der Waals surface area contributed by atoms with Crippen molar-refractivity contribution >= 4 is 27.7 Å². The number of amidine groups is 1. The van der Waals surface area contributed by atoms with E-state index in [2.05, 4.69) is 21.1 Å². The maximum atomic E-state index is 12.7. The van der Waals surface area contributed by atoms with Crippen LogP contribution < -0.4 is 10.5 Å². The van der Waals surface area contributed by atoms with Crippen molar-refractivity contribution < 1.29 is 14.7 Å². The first kappa shape index (κ1) is 17.3. The van der Waals surface area contributed by atoms with E-state index in [1.165, 1.54) is 7.11 Å². The number of amides is 1. The topological polar surface area (TPSA) is 88.2 Å². The summed E-state index contributed by atoms with van der Waals surface area (Å²) in [7, 11) is 1.52. The zero-order valence-corrected chi connectivity index (χ0v) is 13.9. The molecule has 1 amide bonds. The normalized spacial score (nSPS) is 11.6. The Morgan fingerprint density at radius 3 is 2.71 bits per heavy atom. The first-order valence-corrected chi connectivity index (χ1v) is 7.31. The molecule has 0 heterocycles. The van der Waals surface area contributed by atoms with Gasteiger partial charge in [-0.2, -0.15) is 0 Å². The van der Waals surface area contributed by atoms with E-state index in [0.29, 0.717) is 24.3 Å². The molecule has 3 N–H and O–H groups in total. The second-order valence-electron chi connectivity index (χ2n) is 4.78. The van der Waals surface area contributed by atoms with Gasteiger partial charge < -0.3 is 20.6 Å². The molecule has 0 aliphatic carbocycles. The molecule has 0 atom stereocenters. The van der Waals surface area contributed by atoms with E-state index in [4.69, 9.17) is 15.7 Å². The second-order valence-corrected chi connectivity index (χ2v) is 5.69. The molecule has 6 nitrogen and oxygen atoms in total. The molecule has 1 rings (SSSR count). The van der Waals surface area contributed by atoms with Gasteiger partial charge in [-0.1, -0.05) is 21.1 Å². The van der Waals surface area contributed by atoms with Gasteiger partial charge in [0.25, 0.3) is 5.91 Å². The van der Waals surface area contributed by atoms with E-state index in [1.54, 1.807) is 23.1 Å². The Morgan fingerprint density at radius 1 is 1.52 bits per heavy atom. The van der Waals surface area contributed by atoms with Gasteiger partial charge >= 0.3 is 0 Å². The highest BCUT2D eigenvalue weighted by Crippen LogP contribution is 2.25. The molecule has 0 aliphatic heterocycles. The number of hydrogen-bond donors (Lipinski definition) is 2. The maximum absolute atomic E-state index is 12.7. The van der Waals surface area contributed by atoms with Crippen LogP contribution in [0.3, 0.4) is 0 Å². The van der Waals surface area contributed by atoms with Crippen LogP contribution in [0.5, 0.6) is 5.75 Å². The molecule has 116 valence electrons. The lowest BCUT2D eigenvalue weighted by atomic mass is 10.1. The third kappa shape index (κ3) is 4.63. The summed E-state index contributed by atoms with van der Waals surface area (Å²) in [5, 5.41) is 11.5. The van der Waals surface area contributed by atoms with E-state index in [-0.39, 0.29) is 17.8 Å². The van der Waals surface area contributed by atoms with Crippen LogP contribution in [0.15, 0.2) is 27.8 Å². The third-order valence-electron chi connectivity index (χ3n) is 3.02. The summed E-state index contributed by atoms with van der Waals surface area (Å²) in [6.07, 6.45) is 0.305. The van der Waals surface area contributed by atoms with Gasteiger partial charge in [-0.15, -0.1) is 0 Å². The zero-order valence-electron chi connectivity index (χ0n) is 12.3. The number of hydrogen-bond acceptors (Lipinski definition) is 4. The molecule has 0 aliphatic rings. The monoisotopic (exact) mass is 357 g/mol. The van der Waals surface area contributed by atoms with Gasteiger partial charge in [0.15, 0.2) is 0 Å². The molecule has 0 saturated carbocycles. The van der Waals surface area contributed by atoms with Crippen molar-refractivity contribution in [3.63, 3.8) is 0 Å². The Morgan fingerprint density at radius 2 is 2.19 bits per heavy atom. The second kappa shape index (κ2) is 7.87. The van der Waals surface area contributed by atoms with Crippen molar-refractivity contribution in [1.29, 1.82) is 0 Å². The number of halogens is 1. The Hall–Kier alpha value is -1.76. The molecular weight excluding hydrogens is 338 g/mol. The fourth-order valence-electron chi connectivity index (χ4n) is 1.88. The van der Waals surface area contributed by atoms with Gasteiger partial charge in [0.1, 0.15) is 11.6 Å². The summed E-state index contributed by atoms with van der Waals surface area (Å²) in [6.45, 7) is 4.19. The summed E-state index contributed by atoms with van der Waals surface area (Å²) in [5.41, 5.74) is 5.95. The number of methoxy groups -OCH3 is 1. The van der Waals surface area contributed by atoms with Crippen molar-refractivity contribution in [2.24, 2.45) is 10.9 Å². The molecule has 0 spiro atoms. The molecule has 0 radical (unpaired) electrons. The molecule has 0 saturated heterocycles. The van der Waals surface area contributed by atoms with Crippen LogP contribution in [0.1, 0.15) is 30.6 Å². The SMILES string of the molecule is COc1cc(Br)ccc1C(=O)N(CC/C(N)=N/O)C(C)C. The summed E-state index contributed by atoms with van der Waals surface area (Å²) in [6, 6.07) is 5.23. The van der Waals surface area contributed by atoms with Crippen molar-refractivity contribution in [3.05, 3.63) is 28.2 Å². The minimum atomic E-state index is -0.153. The van der Waals surface area contributed by atoms with E-state index >= 15 is 0 Å². The number of carbonyl (C=O) groups excluding carboxylic acids is 1. The van der Waals surface area contributed by atoms with E-state index in [0.717, 1.165) is 4.47 Å². The minimum Gasteiger partial charge on any atom is -0.496 e. The lowest BCUT2D eigenvalue weighted by Gasteiger charge is -2.27. The predicted octanol–water partition coefficient (Wildman–Crippen LogP) is 2.44. The van der Waals surface area contributed by atoms with Crippen LogP contribution in [0.4, 0.5) is 0 Å². The van der Waals surface area contributed by atoms with Gasteiger partial charge in [-0.05, 0) is 32.0 Å². The molecule has 0 aromatic heterocycles. The fraction of sp³-hybridized carbons (Fsp3) is 0.429. The number of nitrogens with zero attached hydrogens (tertiary/aromatic N) is 2. The van der Waals surface area contributed by atoms with Crippen molar-refractivity contribution in [2.45, 2.75) is 26.3 Å². The fourth-order valence-corrected chi connectivity index (χ4v) is 2.22. The highest BCUT2D eigenvalue weighted by molar-refractivity contribution is 9.10. The molecule has 0 unspecified atom stereocenters. The number of carbonyl (C=O) groups is 1. The smallest absolute Gasteiger partial charge is 0.257 e. The average molecular weight is 358 g/mol. The van der Waals surface area contributed by atoms with Gasteiger partial charge in [0.2, 0.25) is 0 Å².